The maximum atomic E-state index is 11.2. The summed E-state index contributed by atoms with van der Waals surface area (Å²) in [5.74, 6) is -1.36. The van der Waals surface area contributed by atoms with Crippen molar-refractivity contribution in [1.82, 2.24) is 10.6 Å². The summed E-state index contributed by atoms with van der Waals surface area (Å²) in [6.07, 6.45) is -0.305. The quantitative estimate of drug-likeness (QED) is 0.805. The van der Waals surface area contributed by atoms with E-state index >= 15 is 0 Å². The average Bonchev–Trinajstić information content (AvgIpc) is 2.75. The van der Waals surface area contributed by atoms with E-state index in [4.69, 9.17) is 16.3 Å². The molecule has 0 aliphatic heterocycles. The van der Waals surface area contributed by atoms with Gasteiger partial charge in [0.05, 0.1) is 4.34 Å². The molecule has 0 aliphatic rings. The van der Waals surface area contributed by atoms with E-state index in [0.29, 0.717) is 4.34 Å². The first-order chi connectivity index (χ1) is 8.08. The van der Waals surface area contributed by atoms with Crippen molar-refractivity contribution in [2.24, 2.45) is 0 Å². The number of hydrogen-bond acceptors (Lipinski definition) is 4. The zero-order chi connectivity index (χ0) is 12.8. The molecule has 5 nitrogen and oxygen atoms in total. The van der Waals surface area contributed by atoms with Crippen LogP contribution in [0.25, 0.3) is 0 Å². The highest BCUT2D eigenvalue weighted by Gasteiger charge is 2.17. The van der Waals surface area contributed by atoms with Gasteiger partial charge in [-0.25, -0.2) is 0 Å². The van der Waals surface area contributed by atoms with E-state index in [9.17, 15) is 9.59 Å². The van der Waals surface area contributed by atoms with Gasteiger partial charge in [0.25, 0.3) is 0 Å². The number of likely N-dealkylation sites (N-methyl/N-ethyl adjacent to an activating group) is 1. The fraction of sp³-hybridized carbons (Fsp3) is 0.400. The summed E-state index contributed by atoms with van der Waals surface area (Å²) in [5.41, 5.74) is 0. The van der Waals surface area contributed by atoms with Crippen LogP contribution in [-0.2, 0) is 14.3 Å². The Morgan fingerprint density at radius 1 is 1.47 bits per heavy atom. The Morgan fingerprint density at radius 2 is 2.18 bits per heavy atom. The second kappa shape index (κ2) is 6.58. The Balaban J connectivity index is 2.54. The molecule has 1 heterocycles. The van der Waals surface area contributed by atoms with E-state index < -0.39 is 11.8 Å². The average molecular weight is 277 g/mol. The molecule has 17 heavy (non-hydrogen) atoms. The number of amides is 2. The van der Waals surface area contributed by atoms with Gasteiger partial charge in [0.15, 0.2) is 0 Å². The third kappa shape index (κ3) is 3.99. The molecule has 0 aromatic carbocycles. The number of nitrogens with one attached hydrogen (secondary N) is 2. The highest BCUT2D eigenvalue weighted by atomic mass is 35.5. The molecule has 2 N–H and O–H groups in total. The molecule has 7 heteroatoms. The minimum absolute atomic E-state index is 0.222. The molecule has 94 valence electrons. The molecule has 1 aromatic heterocycles. The van der Waals surface area contributed by atoms with Crippen LogP contribution in [0.15, 0.2) is 12.1 Å². The molecule has 1 rings (SSSR count). The van der Waals surface area contributed by atoms with Crippen molar-refractivity contribution in [1.29, 1.82) is 0 Å². The van der Waals surface area contributed by atoms with Gasteiger partial charge in [-0.05, 0) is 12.1 Å². The maximum absolute atomic E-state index is 11.2. The number of carbonyl (C=O) groups excluding carboxylic acids is 2. The van der Waals surface area contributed by atoms with Crippen LogP contribution in [0.4, 0.5) is 0 Å². The lowest BCUT2D eigenvalue weighted by Gasteiger charge is -2.13. The van der Waals surface area contributed by atoms with Crippen molar-refractivity contribution in [3.8, 4) is 0 Å². The van der Waals surface area contributed by atoms with Crippen LogP contribution in [0.2, 0.25) is 4.34 Å². The highest BCUT2D eigenvalue weighted by Crippen LogP contribution is 2.28. The molecule has 0 bridgehead atoms. The van der Waals surface area contributed by atoms with Gasteiger partial charge in [-0.2, -0.15) is 0 Å². The van der Waals surface area contributed by atoms with Gasteiger partial charge in [0, 0.05) is 25.6 Å². The zero-order valence-electron chi connectivity index (χ0n) is 9.45. The number of thiophene rings is 1. The fourth-order valence-electron chi connectivity index (χ4n) is 1.18. The summed E-state index contributed by atoms with van der Waals surface area (Å²) in [7, 11) is 2.93. The first-order valence-electron chi connectivity index (χ1n) is 4.86. The summed E-state index contributed by atoms with van der Waals surface area (Å²) in [4.78, 5) is 23.1. The summed E-state index contributed by atoms with van der Waals surface area (Å²) in [6.45, 7) is 0.222. The summed E-state index contributed by atoms with van der Waals surface area (Å²) < 4.78 is 5.87. The number of carbonyl (C=O) groups is 2. The van der Waals surface area contributed by atoms with E-state index in [1.165, 1.54) is 25.5 Å². The molecule has 0 saturated carbocycles. The van der Waals surface area contributed by atoms with Gasteiger partial charge in [0.1, 0.15) is 6.10 Å². The lowest BCUT2D eigenvalue weighted by molar-refractivity contribution is -0.139. The summed E-state index contributed by atoms with van der Waals surface area (Å²) in [6, 6.07) is 3.58. The van der Waals surface area contributed by atoms with E-state index in [2.05, 4.69) is 10.6 Å². The number of rotatable bonds is 4. The van der Waals surface area contributed by atoms with Crippen LogP contribution in [0.3, 0.4) is 0 Å². The van der Waals surface area contributed by atoms with E-state index in [1.54, 1.807) is 6.07 Å². The molecule has 0 radical (unpaired) electrons. The third-order valence-corrected chi connectivity index (χ3v) is 3.40. The molecule has 0 aliphatic carbocycles. The fourth-order valence-corrected chi connectivity index (χ4v) is 2.32. The molecule has 0 spiro atoms. The minimum Gasteiger partial charge on any atom is -0.374 e. The maximum Gasteiger partial charge on any atom is 0.309 e. The second-order valence-corrected chi connectivity index (χ2v) is 4.90. The number of hydrogen-bond donors (Lipinski definition) is 2. The molecule has 2 amide bonds. The van der Waals surface area contributed by atoms with E-state index in [0.717, 1.165) is 4.88 Å². The standard InChI is InChI=1S/C10H13ClN2O3S/c1-12-9(14)10(15)13-5-6(16-2)7-3-4-8(11)17-7/h3-4,6H,5H2,1-2H3,(H,12,14)(H,13,15). The summed E-state index contributed by atoms with van der Waals surface area (Å²) >= 11 is 7.18. The minimum atomic E-state index is -0.683. The smallest absolute Gasteiger partial charge is 0.309 e. The first-order valence-corrected chi connectivity index (χ1v) is 6.06. The van der Waals surface area contributed by atoms with Crippen LogP contribution < -0.4 is 10.6 Å². The predicted octanol–water partition coefficient (Wildman–Crippen LogP) is 0.951. The van der Waals surface area contributed by atoms with Gasteiger partial charge in [-0.15, -0.1) is 11.3 Å². The Bertz CT molecular complexity index is 408. The van der Waals surface area contributed by atoms with Crippen molar-refractivity contribution in [3.63, 3.8) is 0 Å². The molecule has 1 aromatic rings. The van der Waals surface area contributed by atoms with Crippen molar-refractivity contribution in [2.75, 3.05) is 20.7 Å². The molecule has 0 fully saturated rings. The first kappa shape index (κ1) is 14.0. The lowest BCUT2D eigenvalue weighted by atomic mass is 10.3. The van der Waals surface area contributed by atoms with E-state index in [-0.39, 0.29) is 12.6 Å². The Labute approximate surface area is 108 Å². The Kier molecular flexibility index (Phi) is 5.40. The molecular formula is C10H13ClN2O3S. The van der Waals surface area contributed by atoms with Gasteiger partial charge >= 0.3 is 11.8 Å². The van der Waals surface area contributed by atoms with Crippen molar-refractivity contribution >= 4 is 34.8 Å². The van der Waals surface area contributed by atoms with Crippen molar-refractivity contribution < 1.29 is 14.3 Å². The summed E-state index contributed by atoms with van der Waals surface area (Å²) in [5, 5.41) is 4.72. The van der Waals surface area contributed by atoms with Crippen LogP contribution in [0, 0.1) is 0 Å². The van der Waals surface area contributed by atoms with Crippen LogP contribution >= 0.6 is 22.9 Å². The van der Waals surface area contributed by atoms with Crippen LogP contribution in [0.5, 0.6) is 0 Å². The van der Waals surface area contributed by atoms with Gasteiger partial charge in [0.2, 0.25) is 0 Å². The normalized spacial score (nSPS) is 11.9. The molecule has 1 atom stereocenters. The van der Waals surface area contributed by atoms with E-state index in [1.807, 2.05) is 6.07 Å². The third-order valence-electron chi connectivity index (χ3n) is 2.08. The van der Waals surface area contributed by atoms with Crippen LogP contribution in [0.1, 0.15) is 11.0 Å². The lowest BCUT2D eigenvalue weighted by Crippen LogP contribution is -2.40. The zero-order valence-corrected chi connectivity index (χ0v) is 11.0. The molecular weight excluding hydrogens is 264 g/mol. The Morgan fingerprint density at radius 3 is 2.65 bits per heavy atom. The highest BCUT2D eigenvalue weighted by molar-refractivity contribution is 7.16. The van der Waals surface area contributed by atoms with Gasteiger partial charge in [-0.3, -0.25) is 9.59 Å². The predicted molar refractivity (Wildman–Crippen MR) is 66.2 cm³/mol. The topological polar surface area (TPSA) is 67.4 Å². The van der Waals surface area contributed by atoms with Gasteiger partial charge in [-0.1, -0.05) is 11.6 Å². The molecule has 1 unspecified atom stereocenters. The number of methoxy groups -OCH3 is 1. The molecule has 0 saturated heterocycles. The van der Waals surface area contributed by atoms with Gasteiger partial charge < -0.3 is 15.4 Å². The number of ether oxygens (including phenoxy) is 1. The monoisotopic (exact) mass is 276 g/mol. The van der Waals surface area contributed by atoms with Crippen molar-refractivity contribution in [3.05, 3.63) is 21.3 Å². The largest absolute Gasteiger partial charge is 0.374 e. The van der Waals surface area contributed by atoms with Crippen molar-refractivity contribution in [2.45, 2.75) is 6.10 Å². The Hall–Kier alpha value is -1.11. The number of halogens is 1. The second-order valence-electron chi connectivity index (χ2n) is 3.16. The van der Waals surface area contributed by atoms with Crippen LogP contribution in [-0.4, -0.2) is 32.5 Å². The SMILES string of the molecule is CNC(=O)C(=O)NCC(OC)c1ccc(Cl)s1.